The van der Waals surface area contributed by atoms with Crippen LogP contribution in [-0.2, 0) is 26.5 Å². The summed E-state index contributed by atoms with van der Waals surface area (Å²) in [5, 5.41) is 0. The zero-order valence-electron chi connectivity index (χ0n) is 17.1. The molecule has 1 amide bonds. The molecule has 0 aliphatic carbocycles. The van der Waals surface area contributed by atoms with E-state index in [2.05, 4.69) is 19.1 Å². The van der Waals surface area contributed by atoms with Crippen LogP contribution in [0.3, 0.4) is 0 Å². The monoisotopic (exact) mass is 395 g/mol. The highest BCUT2D eigenvalue weighted by Gasteiger charge is 2.54. The van der Waals surface area contributed by atoms with Gasteiger partial charge < -0.3 is 19.1 Å². The fraction of sp³-hybridized carbons (Fsp3) is 0.458. The molecule has 2 aromatic carbocycles. The number of fused-ring (bicyclic) bond motifs is 2. The van der Waals surface area contributed by atoms with Crippen molar-refractivity contribution in [2.75, 3.05) is 31.3 Å². The molecule has 2 aliphatic rings. The Balaban J connectivity index is 1.50. The second kappa shape index (κ2) is 8.97. The summed E-state index contributed by atoms with van der Waals surface area (Å²) in [5.74, 6) is -0.535. The van der Waals surface area contributed by atoms with Gasteiger partial charge in [-0.3, -0.25) is 4.79 Å². The van der Waals surface area contributed by atoms with Crippen LogP contribution in [0, 0.1) is 0 Å². The Morgan fingerprint density at radius 2 is 1.86 bits per heavy atom. The number of carbonyl (C=O) groups excluding carboxylic acids is 1. The molecule has 1 saturated heterocycles. The van der Waals surface area contributed by atoms with Gasteiger partial charge in [0.25, 0.3) is 11.7 Å². The van der Waals surface area contributed by atoms with Crippen LogP contribution in [0.4, 0.5) is 5.69 Å². The molecule has 0 unspecified atom stereocenters. The number of benzene rings is 2. The number of unbranched alkanes of at least 4 members (excludes halogenated alkanes) is 1. The van der Waals surface area contributed by atoms with E-state index in [1.54, 1.807) is 4.90 Å². The lowest BCUT2D eigenvalue weighted by Crippen LogP contribution is -2.47. The maximum Gasteiger partial charge on any atom is 0.292 e. The largest absolute Gasteiger partial charge is 0.494 e. The first-order chi connectivity index (χ1) is 14.2. The van der Waals surface area contributed by atoms with Crippen molar-refractivity contribution in [2.45, 2.75) is 44.8 Å². The summed E-state index contributed by atoms with van der Waals surface area (Å²) >= 11 is 0. The Morgan fingerprint density at radius 1 is 1.07 bits per heavy atom. The molecule has 4 rings (SSSR count). The average Bonchev–Trinajstić information content (AvgIpc) is 2.98. The number of anilines is 1. The number of hydrogen-bond donors (Lipinski definition) is 0. The third-order valence-electron chi connectivity index (χ3n) is 5.49. The van der Waals surface area contributed by atoms with Crippen molar-refractivity contribution in [2.24, 2.45) is 0 Å². The van der Waals surface area contributed by atoms with Gasteiger partial charge in [0.05, 0.1) is 25.5 Å². The molecule has 2 aliphatic heterocycles. The highest BCUT2D eigenvalue weighted by molar-refractivity contribution is 6.06. The summed E-state index contributed by atoms with van der Waals surface area (Å²) in [7, 11) is 0. The van der Waals surface area contributed by atoms with Crippen LogP contribution >= 0.6 is 0 Å². The Labute approximate surface area is 172 Å². The summed E-state index contributed by atoms with van der Waals surface area (Å²) in [6.45, 7) is 4.38. The zero-order chi connectivity index (χ0) is 20.1. The third-order valence-corrected chi connectivity index (χ3v) is 5.49. The Morgan fingerprint density at radius 3 is 2.62 bits per heavy atom. The maximum atomic E-state index is 13.4. The first kappa shape index (κ1) is 19.9. The number of ether oxygens (including phenoxy) is 3. The molecular formula is C24H29NO4. The summed E-state index contributed by atoms with van der Waals surface area (Å²) in [6.07, 6.45) is 4.81. The van der Waals surface area contributed by atoms with Crippen molar-refractivity contribution in [3.05, 3.63) is 59.7 Å². The molecule has 1 spiro atoms. The van der Waals surface area contributed by atoms with Crippen LogP contribution in [-0.4, -0.2) is 32.3 Å². The van der Waals surface area contributed by atoms with Crippen molar-refractivity contribution in [3.8, 4) is 5.75 Å². The van der Waals surface area contributed by atoms with E-state index >= 15 is 0 Å². The van der Waals surface area contributed by atoms with E-state index in [1.807, 2.05) is 36.4 Å². The number of nitrogens with zero attached hydrogens (tertiary/aromatic N) is 1. The molecular weight excluding hydrogens is 366 g/mol. The van der Waals surface area contributed by atoms with Crippen LogP contribution in [0.2, 0.25) is 0 Å². The SMILES string of the molecule is CCCCc1ccc2c(c1)C1(OCCCO1)C(=O)N2CCCOc1ccccc1. The molecule has 0 saturated carbocycles. The number of amides is 1. The highest BCUT2D eigenvalue weighted by atomic mass is 16.7. The van der Waals surface area contributed by atoms with Gasteiger partial charge in [0.1, 0.15) is 5.75 Å². The maximum absolute atomic E-state index is 13.4. The molecule has 2 aromatic rings. The normalized spacial score (nSPS) is 17.6. The predicted octanol–water partition coefficient (Wildman–Crippen LogP) is 4.43. The standard InChI is InChI=1S/C24H29NO4/c1-2-3-9-19-12-13-22-21(18-19)24(28-16-8-17-29-24)23(26)25(22)14-7-15-27-20-10-5-4-6-11-20/h4-6,10-13,18H,2-3,7-9,14-17H2,1H3. The summed E-state index contributed by atoms with van der Waals surface area (Å²) < 4.78 is 17.8. The fourth-order valence-electron chi connectivity index (χ4n) is 3.98. The summed E-state index contributed by atoms with van der Waals surface area (Å²) in [6, 6.07) is 16.0. The number of aryl methyl sites for hydroxylation is 1. The minimum Gasteiger partial charge on any atom is -0.494 e. The van der Waals surface area contributed by atoms with E-state index in [-0.39, 0.29) is 5.91 Å². The van der Waals surface area contributed by atoms with E-state index in [4.69, 9.17) is 14.2 Å². The lowest BCUT2D eigenvalue weighted by Gasteiger charge is -2.32. The molecule has 0 bridgehead atoms. The minimum absolute atomic E-state index is 0.112. The van der Waals surface area contributed by atoms with Crippen LogP contribution in [0.25, 0.3) is 0 Å². The molecule has 0 N–H and O–H groups in total. The molecule has 0 atom stereocenters. The van der Waals surface area contributed by atoms with Crippen molar-refractivity contribution >= 4 is 11.6 Å². The Kier molecular flexibility index (Phi) is 6.16. The van der Waals surface area contributed by atoms with Crippen molar-refractivity contribution < 1.29 is 19.0 Å². The minimum atomic E-state index is -1.27. The molecule has 0 aromatic heterocycles. The Hall–Kier alpha value is -2.37. The lowest BCUT2D eigenvalue weighted by atomic mass is 10.00. The molecule has 5 heteroatoms. The van der Waals surface area contributed by atoms with E-state index in [0.29, 0.717) is 26.4 Å². The van der Waals surface area contributed by atoms with Crippen LogP contribution in [0.15, 0.2) is 48.5 Å². The topological polar surface area (TPSA) is 48.0 Å². The van der Waals surface area contributed by atoms with Crippen LogP contribution in [0.1, 0.15) is 43.7 Å². The van der Waals surface area contributed by atoms with Gasteiger partial charge in [-0.25, -0.2) is 0 Å². The van der Waals surface area contributed by atoms with Crippen molar-refractivity contribution in [3.63, 3.8) is 0 Å². The van der Waals surface area contributed by atoms with Crippen LogP contribution in [0.5, 0.6) is 5.75 Å². The number of carbonyl (C=O) groups is 1. The number of rotatable bonds is 8. The number of para-hydroxylation sites is 1. The average molecular weight is 395 g/mol. The van der Waals surface area contributed by atoms with Gasteiger partial charge in [0.15, 0.2) is 0 Å². The predicted molar refractivity (Wildman–Crippen MR) is 112 cm³/mol. The fourth-order valence-corrected chi connectivity index (χ4v) is 3.98. The summed E-state index contributed by atoms with van der Waals surface area (Å²) in [4.78, 5) is 15.2. The first-order valence-corrected chi connectivity index (χ1v) is 10.7. The first-order valence-electron chi connectivity index (χ1n) is 10.7. The van der Waals surface area contributed by atoms with Gasteiger partial charge in [0, 0.05) is 12.1 Å². The second-order valence-electron chi connectivity index (χ2n) is 7.59. The van der Waals surface area contributed by atoms with Gasteiger partial charge in [-0.1, -0.05) is 37.6 Å². The third kappa shape index (κ3) is 4.02. The van der Waals surface area contributed by atoms with E-state index in [1.165, 1.54) is 5.56 Å². The van der Waals surface area contributed by atoms with E-state index < -0.39 is 5.79 Å². The second-order valence-corrected chi connectivity index (χ2v) is 7.59. The smallest absolute Gasteiger partial charge is 0.292 e. The molecule has 5 nitrogen and oxygen atoms in total. The van der Waals surface area contributed by atoms with Crippen molar-refractivity contribution in [1.82, 2.24) is 0 Å². The molecule has 1 fully saturated rings. The molecule has 154 valence electrons. The van der Waals surface area contributed by atoms with Gasteiger partial charge in [-0.2, -0.15) is 0 Å². The van der Waals surface area contributed by atoms with Gasteiger partial charge in [-0.05, 0) is 55.5 Å². The lowest BCUT2D eigenvalue weighted by molar-refractivity contribution is -0.256. The van der Waals surface area contributed by atoms with Gasteiger partial charge in [-0.15, -0.1) is 0 Å². The zero-order valence-corrected chi connectivity index (χ0v) is 17.1. The van der Waals surface area contributed by atoms with Crippen molar-refractivity contribution in [1.29, 1.82) is 0 Å². The van der Waals surface area contributed by atoms with E-state index in [0.717, 1.165) is 49.1 Å². The van der Waals surface area contributed by atoms with E-state index in [9.17, 15) is 4.79 Å². The van der Waals surface area contributed by atoms with Crippen LogP contribution < -0.4 is 9.64 Å². The number of hydrogen-bond acceptors (Lipinski definition) is 4. The molecule has 2 heterocycles. The van der Waals surface area contributed by atoms with Gasteiger partial charge >= 0.3 is 0 Å². The quantitative estimate of drug-likeness (QED) is 0.620. The van der Waals surface area contributed by atoms with Gasteiger partial charge in [0.2, 0.25) is 0 Å². The molecule has 0 radical (unpaired) electrons. The highest BCUT2D eigenvalue weighted by Crippen LogP contribution is 2.45. The Bertz CT molecular complexity index is 830. The summed E-state index contributed by atoms with van der Waals surface area (Å²) in [5.41, 5.74) is 2.99. The molecule has 29 heavy (non-hydrogen) atoms.